The molecule has 1 aliphatic rings. The number of hydrogen-bond acceptors (Lipinski definition) is 2. The summed E-state index contributed by atoms with van der Waals surface area (Å²) in [5.74, 6) is 0.164. The molecule has 13 heavy (non-hydrogen) atoms. The molecule has 0 aliphatic heterocycles. The molecule has 3 nitrogen and oxygen atoms in total. The average Bonchev–Trinajstić information content (AvgIpc) is 1.78. The Balaban J connectivity index is 2.18. The standard InChI is InChI=1S/C10H19NO2/c1-7(6-10(12)13)5-9(11)8-3-2-4-8/h7-9H,2-6,11H2,1H3,(H,12,13)/t7-,9+/m1/s1. The molecule has 1 aliphatic carbocycles. The molecule has 0 saturated heterocycles. The van der Waals surface area contributed by atoms with E-state index in [1.807, 2.05) is 6.92 Å². The Morgan fingerprint density at radius 1 is 1.62 bits per heavy atom. The average molecular weight is 185 g/mol. The van der Waals surface area contributed by atoms with E-state index in [0.717, 1.165) is 6.42 Å². The molecule has 2 atom stereocenters. The Labute approximate surface area is 79.3 Å². The van der Waals surface area contributed by atoms with Crippen LogP contribution in [0.2, 0.25) is 0 Å². The summed E-state index contributed by atoms with van der Waals surface area (Å²) < 4.78 is 0. The zero-order valence-corrected chi connectivity index (χ0v) is 8.20. The Kier molecular flexibility index (Phi) is 3.72. The largest absolute Gasteiger partial charge is 0.481 e. The lowest BCUT2D eigenvalue weighted by molar-refractivity contribution is -0.138. The van der Waals surface area contributed by atoms with Gasteiger partial charge in [-0.25, -0.2) is 0 Å². The van der Waals surface area contributed by atoms with Crippen LogP contribution in [0.25, 0.3) is 0 Å². The topological polar surface area (TPSA) is 63.3 Å². The third kappa shape index (κ3) is 3.35. The maximum absolute atomic E-state index is 10.4. The second kappa shape index (κ2) is 4.61. The van der Waals surface area contributed by atoms with Gasteiger partial charge < -0.3 is 10.8 Å². The first-order valence-electron chi connectivity index (χ1n) is 5.07. The van der Waals surface area contributed by atoms with Crippen molar-refractivity contribution in [3.05, 3.63) is 0 Å². The van der Waals surface area contributed by atoms with Gasteiger partial charge in [-0.2, -0.15) is 0 Å². The van der Waals surface area contributed by atoms with Gasteiger partial charge in [-0.3, -0.25) is 4.79 Å². The molecule has 0 radical (unpaired) electrons. The second-order valence-electron chi connectivity index (χ2n) is 4.29. The van der Waals surface area contributed by atoms with Crippen LogP contribution in [0.4, 0.5) is 0 Å². The summed E-state index contributed by atoms with van der Waals surface area (Å²) in [6.07, 6.45) is 4.88. The van der Waals surface area contributed by atoms with Crippen molar-refractivity contribution >= 4 is 5.97 Å². The van der Waals surface area contributed by atoms with Gasteiger partial charge in [0.25, 0.3) is 0 Å². The fourth-order valence-electron chi connectivity index (χ4n) is 1.91. The monoisotopic (exact) mass is 185 g/mol. The number of aliphatic carboxylic acids is 1. The van der Waals surface area contributed by atoms with Gasteiger partial charge in [0.1, 0.15) is 0 Å². The summed E-state index contributed by atoms with van der Waals surface area (Å²) in [7, 11) is 0. The van der Waals surface area contributed by atoms with Crippen molar-refractivity contribution in [3.63, 3.8) is 0 Å². The van der Waals surface area contributed by atoms with Crippen LogP contribution in [-0.2, 0) is 4.79 Å². The smallest absolute Gasteiger partial charge is 0.303 e. The first-order chi connectivity index (χ1) is 6.09. The van der Waals surface area contributed by atoms with E-state index < -0.39 is 5.97 Å². The minimum Gasteiger partial charge on any atom is -0.481 e. The molecule has 0 spiro atoms. The molecular formula is C10H19NO2. The second-order valence-corrected chi connectivity index (χ2v) is 4.29. The summed E-state index contributed by atoms with van der Waals surface area (Å²) in [5, 5.41) is 8.57. The van der Waals surface area contributed by atoms with Gasteiger partial charge in [0, 0.05) is 12.5 Å². The highest BCUT2D eigenvalue weighted by atomic mass is 16.4. The molecule has 3 heteroatoms. The van der Waals surface area contributed by atoms with Crippen LogP contribution in [0.5, 0.6) is 0 Å². The summed E-state index contributed by atoms with van der Waals surface area (Å²) in [4.78, 5) is 10.4. The summed E-state index contributed by atoms with van der Waals surface area (Å²) in [6, 6.07) is 0.225. The minimum atomic E-state index is -0.715. The summed E-state index contributed by atoms with van der Waals surface area (Å²) in [6.45, 7) is 1.96. The Morgan fingerprint density at radius 3 is 2.62 bits per heavy atom. The third-order valence-electron chi connectivity index (χ3n) is 2.95. The lowest BCUT2D eigenvalue weighted by Crippen LogP contribution is -2.36. The highest BCUT2D eigenvalue weighted by Gasteiger charge is 2.25. The third-order valence-corrected chi connectivity index (χ3v) is 2.95. The number of carbonyl (C=O) groups is 1. The van der Waals surface area contributed by atoms with Crippen molar-refractivity contribution in [1.82, 2.24) is 0 Å². The molecule has 0 aromatic carbocycles. The van der Waals surface area contributed by atoms with E-state index in [-0.39, 0.29) is 18.4 Å². The molecule has 0 aromatic heterocycles. The van der Waals surface area contributed by atoms with E-state index in [1.165, 1.54) is 19.3 Å². The highest BCUT2D eigenvalue weighted by Crippen LogP contribution is 2.31. The lowest BCUT2D eigenvalue weighted by Gasteiger charge is -2.32. The van der Waals surface area contributed by atoms with Crippen molar-refractivity contribution in [2.45, 2.75) is 45.1 Å². The molecule has 0 heterocycles. The van der Waals surface area contributed by atoms with Gasteiger partial charge in [-0.05, 0) is 31.1 Å². The molecule has 0 bridgehead atoms. The van der Waals surface area contributed by atoms with E-state index in [2.05, 4.69) is 0 Å². The predicted molar refractivity (Wildman–Crippen MR) is 51.4 cm³/mol. The summed E-state index contributed by atoms with van der Waals surface area (Å²) in [5.41, 5.74) is 5.96. The zero-order chi connectivity index (χ0) is 9.84. The van der Waals surface area contributed by atoms with Gasteiger partial charge in [-0.1, -0.05) is 13.3 Å². The van der Waals surface area contributed by atoms with Crippen LogP contribution in [0.15, 0.2) is 0 Å². The molecule has 1 saturated carbocycles. The van der Waals surface area contributed by atoms with Gasteiger partial charge in [0.15, 0.2) is 0 Å². The molecule has 0 amide bonds. The maximum Gasteiger partial charge on any atom is 0.303 e. The molecule has 0 unspecified atom stereocenters. The van der Waals surface area contributed by atoms with Crippen LogP contribution in [-0.4, -0.2) is 17.1 Å². The number of carboxylic acid groups (broad SMARTS) is 1. The van der Waals surface area contributed by atoms with Crippen LogP contribution in [0.1, 0.15) is 39.0 Å². The lowest BCUT2D eigenvalue weighted by atomic mass is 9.77. The SMILES string of the molecule is C[C@@H](CC(=O)O)C[C@H](N)C1CCC1. The number of rotatable bonds is 5. The first kappa shape index (κ1) is 10.5. The van der Waals surface area contributed by atoms with Crippen LogP contribution in [0, 0.1) is 11.8 Å². The van der Waals surface area contributed by atoms with E-state index in [0.29, 0.717) is 5.92 Å². The summed E-state index contributed by atoms with van der Waals surface area (Å²) >= 11 is 0. The zero-order valence-electron chi connectivity index (χ0n) is 8.20. The normalized spacial score (nSPS) is 22.0. The van der Waals surface area contributed by atoms with Crippen LogP contribution in [0.3, 0.4) is 0 Å². The molecular weight excluding hydrogens is 166 g/mol. The fraction of sp³-hybridized carbons (Fsp3) is 0.900. The Hall–Kier alpha value is -0.570. The fourth-order valence-corrected chi connectivity index (χ4v) is 1.91. The van der Waals surface area contributed by atoms with Crippen molar-refractivity contribution < 1.29 is 9.90 Å². The first-order valence-corrected chi connectivity index (χ1v) is 5.07. The molecule has 76 valence electrons. The van der Waals surface area contributed by atoms with Gasteiger partial charge in [0.2, 0.25) is 0 Å². The van der Waals surface area contributed by atoms with E-state index >= 15 is 0 Å². The quantitative estimate of drug-likeness (QED) is 0.684. The Morgan fingerprint density at radius 2 is 2.23 bits per heavy atom. The van der Waals surface area contributed by atoms with Crippen molar-refractivity contribution in [3.8, 4) is 0 Å². The number of nitrogens with two attached hydrogens (primary N) is 1. The van der Waals surface area contributed by atoms with Crippen molar-refractivity contribution in [2.24, 2.45) is 17.6 Å². The highest BCUT2D eigenvalue weighted by molar-refractivity contribution is 5.66. The van der Waals surface area contributed by atoms with E-state index in [4.69, 9.17) is 10.8 Å². The molecule has 1 fully saturated rings. The minimum absolute atomic E-state index is 0.216. The molecule has 1 rings (SSSR count). The van der Waals surface area contributed by atoms with E-state index in [1.54, 1.807) is 0 Å². The van der Waals surface area contributed by atoms with Crippen LogP contribution < -0.4 is 5.73 Å². The van der Waals surface area contributed by atoms with Crippen molar-refractivity contribution in [1.29, 1.82) is 0 Å². The number of carboxylic acids is 1. The van der Waals surface area contributed by atoms with Gasteiger partial charge in [0.05, 0.1) is 0 Å². The van der Waals surface area contributed by atoms with Gasteiger partial charge >= 0.3 is 5.97 Å². The number of hydrogen-bond donors (Lipinski definition) is 2. The molecule has 3 N–H and O–H groups in total. The molecule has 0 aromatic rings. The van der Waals surface area contributed by atoms with Crippen LogP contribution >= 0.6 is 0 Å². The predicted octanol–water partition coefficient (Wildman–Crippen LogP) is 1.61. The van der Waals surface area contributed by atoms with Gasteiger partial charge in [-0.15, -0.1) is 0 Å². The maximum atomic E-state index is 10.4. The Bertz CT molecular complexity index is 178. The van der Waals surface area contributed by atoms with E-state index in [9.17, 15) is 4.79 Å². The van der Waals surface area contributed by atoms with Crippen molar-refractivity contribution in [2.75, 3.05) is 0 Å².